The van der Waals surface area contributed by atoms with Gasteiger partial charge in [-0.15, -0.1) is 6.58 Å². The van der Waals surface area contributed by atoms with Gasteiger partial charge in [0.2, 0.25) is 0 Å². The van der Waals surface area contributed by atoms with Crippen molar-refractivity contribution >= 4 is 0 Å². The Bertz CT molecular complexity index is 495. The summed E-state index contributed by atoms with van der Waals surface area (Å²) in [7, 11) is 0. The lowest BCUT2D eigenvalue weighted by Crippen LogP contribution is -2.28. The molecule has 118 valence electrons. The highest BCUT2D eigenvalue weighted by molar-refractivity contribution is 5.47. The topological polar surface area (TPSA) is 9.23 Å². The van der Waals surface area contributed by atoms with Crippen molar-refractivity contribution in [2.45, 2.75) is 78.7 Å². The van der Waals surface area contributed by atoms with Crippen molar-refractivity contribution in [2.24, 2.45) is 0 Å². The molecule has 1 heteroatoms. The van der Waals surface area contributed by atoms with Crippen molar-refractivity contribution in [1.82, 2.24) is 0 Å². The van der Waals surface area contributed by atoms with Gasteiger partial charge in [0.15, 0.2) is 0 Å². The molecule has 21 heavy (non-hydrogen) atoms. The van der Waals surface area contributed by atoms with Gasteiger partial charge in [0, 0.05) is 0 Å². The van der Waals surface area contributed by atoms with E-state index in [0.29, 0.717) is 0 Å². The van der Waals surface area contributed by atoms with Crippen LogP contribution in [0.1, 0.15) is 71.1 Å². The van der Waals surface area contributed by atoms with Crippen LogP contribution in [0.25, 0.3) is 0 Å². The van der Waals surface area contributed by atoms with Crippen molar-refractivity contribution in [2.75, 3.05) is 0 Å². The van der Waals surface area contributed by atoms with E-state index in [-0.39, 0.29) is 11.0 Å². The van der Waals surface area contributed by atoms with E-state index in [1.54, 1.807) is 0 Å². The Kier molecular flexibility index (Phi) is 5.67. The molecule has 0 bridgehead atoms. The molecule has 0 fully saturated rings. The van der Waals surface area contributed by atoms with Crippen LogP contribution < -0.4 is 4.74 Å². The van der Waals surface area contributed by atoms with Crippen LogP contribution in [0.15, 0.2) is 24.8 Å². The molecule has 0 heterocycles. The minimum Gasteiger partial charge on any atom is -0.487 e. The van der Waals surface area contributed by atoms with Crippen molar-refractivity contribution < 1.29 is 4.74 Å². The number of benzene rings is 1. The number of aryl methyl sites for hydroxylation is 1. The van der Waals surface area contributed by atoms with E-state index in [1.807, 2.05) is 6.08 Å². The van der Waals surface area contributed by atoms with E-state index in [9.17, 15) is 0 Å². The zero-order chi connectivity index (χ0) is 16.3. The lowest BCUT2D eigenvalue weighted by atomic mass is 9.80. The highest BCUT2D eigenvalue weighted by Gasteiger charge is 2.24. The molecule has 1 aromatic rings. The monoisotopic (exact) mass is 288 g/mol. The number of hydrogen-bond acceptors (Lipinski definition) is 1. The highest BCUT2D eigenvalue weighted by Crippen LogP contribution is 2.35. The van der Waals surface area contributed by atoms with Crippen LogP contribution in [0.2, 0.25) is 0 Å². The van der Waals surface area contributed by atoms with Crippen molar-refractivity contribution in [3.8, 4) is 5.75 Å². The van der Waals surface area contributed by atoms with Gasteiger partial charge in [-0.05, 0) is 62.1 Å². The van der Waals surface area contributed by atoms with Gasteiger partial charge in [0.25, 0.3) is 0 Å². The minimum absolute atomic E-state index is 0.136. The molecule has 1 nitrogen and oxygen atoms in total. The molecule has 0 aromatic heterocycles. The summed E-state index contributed by atoms with van der Waals surface area (Å²) in [5, 5.41) is 0. The second kappa shape index (κ2) is 6.68. The van der Waals surface area contributed by atoms with Crippen LogP contribution in [-0.2, 0) is 11.8 Å². The summed E-state index contributed by atoms with van der Waals surface area (Å²) in [5.74, 6) is 1.04. The summed E-state index contributed by atoms with van der Waals surface area (Å²) >= 11 is 0. The van der Waals surface area contributed by atoms with E-state index in [1.165, 1.54) is 16.7 Å². The van der Waals surface area contributed by atoms with Crippen LogP contribution in [0.3, 0.4) is 0 Å². The maximum absolute atomic E-state index is 6.32. The molecule has 0 saturated heterocycles. The van der Waals surface area contributed by atoms with Gasteiger partial charge in [-0.3, -0.25) is 0 Å². The maximum Gasteiger partial charge on any atom is 0.126 e. The Labute approximate surface area is 131 Å². The largest absolute Gasteiger partial charge is 0.487 e. The zero-order valence-electron chi connectivity index (χ0n) is 15.0. The van der Waals surface area contributed by atoms with E-state index in [0.717, 1.165) is 25.0 Å². The maximum atomic E-state index is 6.32. The molecule has 0 atom stereocenters. The van der Waals surface area contributed by atoms with Crippen LogP contribution in [0, 0.1) is 6.92 Å². The van der Waals surface area contributed by atoms with Crippen LogP contribution >= 0.6 is 0 Å². The van der Waals surface area contributed by atoms with Crippen molar-refractivity contribution in [1.29, 1.82) is 0 Å². The van der Waals surface area contributed by atoms with E-state index < -0.39 is 0 Å². The first-order chi connectivity index (χ1) is 9.66. The number of hydrogen-bond donors (Lipinski definition) is 0. The molecule has 0 aliphatic heterocycles. The Morgan fingerprint density at radius 3 is 2.19 bits per heavy atom. The van der Waals surface area contributed by atoms with Gasteiger partial charge >= 0.3 is 0 Å². The first-order valence-electron chi connectivity index (χ1n) is 8.10. The second-order valence-corrected chi connectivity index (χ2v) is 7.23. The molecule has 0 radical (unpaired) electrons. The summed E-state index contributed by atoms with van der Waals surface area (Å²) in [6.45, 7) is 19.4. The number of ether oxygens (including phenoxy) is 1. The summed E-state index contributed by atoms with van der Waals surface area (Å²) in [6.07, 6.45) is 4.93. The van der Waals surface area contributed by atoms with E-state index in [2.05, 4.69) is 67.2 Å². The van der Waals surface area contributed by atoms with Crippen LogP contribution in [0.4, 0.5) is 0 Å². The molecule has 1 aromatic carbocycles. The molecule has 0 saturated carbocycles. The van der Waals surface area contributed by atoms with Gasteiger partial charge in [0.05, 0.1) is 0 Å². The molecule has 0 amide bonds. The first kappa shape index (κ1) is 17.8. The van der Waals surface area contributed by atoms with Crippen LogP contribution in [0.5, 0.6) is 5.75 Å². The van der Waals surface area contributed by atoms with Gasteiger partial charge < -0.3 is 4.74 Å². The fourth-order valence-corrected chi connectivity index (χ4v) is 2.24. The number of allylic oxidation sites excluding steroid dienone is 1. The van der Waals surface area contributed by atoms with Gasteiger partial charge in [-0.1, -0.05) is 45.9 Å². The quantitative estimate of drug-likeness (QED) is 0.561. The fourth-order valence-electron chi connectivity index (χ4n) is 2.24. The lowest BCUT2D eigenvalue weighted by molar-refractivity contribution is 0.103. The Morgan fingerprint density at radius 2 is 1.71 bits per heavy atom. The summed E-state index contributed by atoms with van der Waals surface area (Å²) in [5.41, 5.74) is 3.93. The average molecular weight is 288 g/mol. The lowest BCUT2D eigenvalue weighted by Gasteiger charge is -2.30. The first-order valence-corrected chi connectivity index (χ1v) is 8.10. The highest BCUT2D eigenvalue weighted by atomic mass is 16.5. The molecule has 1 rings (SSSR count). The third-order valence-corrected chi connectivity index (χ3v) is 4.61. The Balaban J connectivity index is 3.35. The van der Waals surface area contributed by atoms with Gasteiger partial charge in [0.1, 0.15) is 11.4 Å². The smallest absolute Gasteiger partial charge is 0.126 e. The third kappa shape index (κ3) is 4.36. The predicted octanol–water partition coefficient (Wildman–Crippen LogP) is 5.98. The molecule has 0 aliphatic carbocycles. The predicted molar refractivity (Wildman–Crippen MR) is 93.4 cm³/mol. The molecule has 0 unspecified atom stereocenters. The normalized spacial score (nSPS) is 12.3. The second-order valence-electron chi connectivity index (χ2n) is 7.23. The number of rotatable bonds is 7. The summed E-state index contributed by atoms with van der Waals surface area (Å²) in [4.78, 5) is 0. The Morgan fingerprint density at radius 1 is 1.10 bits per heavy atom. The van der Waals surface area contributed by atoms with Crippen molar-refractivity contribution in [3.63, 3.8) is 0 Å². The summed E-state index contributed by atoms with van der Waals surface area (Å²) in [6, 6.07) is 4.59. The van der Waals surface area contributed by atoms with Gasteiger partial charge in [-0.2, -0.15) is 0 Å². The molecule has 0 spiro atoms. The molecular formula is C20H32O. The van der Waals surface area contributed by atoms with Gasteiger partial charge in [-0.25, -0.2) is 0 Å². The summed E-state index contributed by atoms with van der Waals surface area (Å²) < 4.78 is 6.32. The third-order valence-electron chi connectivity index (χ3n) is 4.61. The average Bonchev–Trinajstić information content (AvgIpc) is 2.42. The zero-order valence-corrected chi connectivity index (χ0v) is 15.0. The van der Waals surface area contributed by atoms with E-state index in [4.69, 9.17) is 4.74 Å². The van der Waals surface area contributed by atoms with Crippen LogP contribution in [-0.4, -0.2) is 5.60 Å². The molecular weight excluding hydrogens is 256 g/mol. The fraction of sp³-hybridized carbons (Fsp3) is 0.600. The van der Waals surface area contributed by atoms with Crippen molar-refractivity contribution in [3.05, 3.63) is 41.5 Å². The molecule has 0 N–H and O–H groups in total. The standard InChI is InChI=1S/C20H32O/c1-9-12-16-14-17(19(5,6)10-2)13-15(4)18(16)21-20(7,8)11-3/h9,13-14H,1,10-12H2,2-8H3. The SMILES string of the molecule is C=CCc1cc(C(C)(C)CC)cc(C)c1OC(C)(C)CC. The molecule has 0 aliphatic rings. The van der Waals surface area contributed by atoms with E-state index >= 15 is 0 Å². The minimum atomic E-state index is -0.136. The Hall–Kier alpha value is -1.24.